The van der Waals surface area contributed by atoms with Gasteiger partial charge in [-0.1, -0.05) is 61.0 Å². The molecule has 14 heteroatoms. The molecule has 12 nitrogen and oxygen atoms in total. The molecule has 54 heavy (non-hydrogen) atoms. The summed E-state index contributed by atoms with van der Waals surface area (Å²) in [6, 6.07) is 1.44. The van der Waals surface area contributed by atoms with E-state index in [4.69, 9.17) is 9.47 Å². The van der Waals surface area contributed by atoms with Crippen molar-refractivity contribution in [2.24, 2.45) is 23.7 Å². The van der Waals surface area contributed by atoms with Crippen molar-refractivity contribution in [1.82, 2.24) is 30.7 Å². The van der Waals surface area contributed by atoms with Gasteiger partial charge in [0.25, 0.3) is 0 Å². The van der Waals surface area contributed by atoms with E-state index in [2.05, 4.69) is 16.0 Å². The van der Waals surface area contributed by atoms with Crippen molar-refractivity contribution in [3.05, 3.63) is 35.4 Å². The molecule has 1 aromatic rings. The predicted molar refractivity (Wildman–Crippen MR) is 207 cm³/mol. The Morgan fingerprint density at radius 3 is 2.04 bits per heavy atom. The number of ether oxygens (including phenoxy) is 2. The Balaban J connectivity index is 2.30. The van der Waals surface area contributed by atoms with E-state index in [1.54, 1.807) is 23.8 Å². The number of nitrogens with zero attached hydrogens (tertiary/aromatic N) is 3. The largest absolute Gasteiger partial charge is 0.379 e. The van der Waals surface area contributed by atoms with E-state index < -0.39 is 53.9 Å². The van der Waals surface area contributed by atoms with Gasteiger partial charge in [-0.3, -0.25) is 24.1 Å². The highest BCUT2D eigenvalue weighted by Crippen LogP contribution is 2.30. The molecule has 2 rings (SSSR count). The third-order valence-electron chi connectivity index (χ3n) is 11.1. The Kier molecular flexibility index (Phi) is 18.9. The van der Waals surface area contributed by atoms with Crippen molar-refractivity contribution in [2.45, 2.75) is 117 Å². The SMILES string of the molecule is CCC(C)[C@@H]([C@@H](CC(=O)N1C[C@@H](NC)C[C@H]1[C@H](OC)[C@@H](C)C(=O)NCCc1c(F)cccc1F)OC)N(C)C(=O)[C@@H](NC(=O)[C@H](C(C)C)N(C)C)C(C)C. The highest BCUT2D eigenvalue weighted by Gasteiger charge is 2.45. The minimum Gasteiger partial charge on any atom is -0.379 e. The molecule has 1 aliphatic heterocycles. The van der Waals surface area contributed by atoms with Gasteiger partial charge in [-0.25, -0.2) is 8.78 Å². The lowest BCUT2D eigenvalue weighted by Crippen LogP contribution is -2.59. The van der Waals surface area contributed by atoms with Gasteiger partial charge in [0.2, 0.25) is 23.6 Å². The van der Waals surface area contributed by atoms with Gasteiger partial charge in [0.05, 0.1) is 42.7 Å². The van der Waals surface area contributed by atoms with Crippen LogP contribution in [-0.2, 0) is 35.1 Å². The van der Waals surface area contributed by atoms with E-state index in [0.29, 0.717) is 19.4 Å². The van der Waals surface area contributed by atoms with Crippen LogP contribution in [0, 0.1) is 35.3 Å². The van der Waals surface area contributed by atoms with Gasteiger partial charge in [0.1, 0.15) is 17.7 Å². The van der Waals surface area contributed by atoms with Crippen LogP contribution in [0.25, 0.3) is 0 Å². The van der Waals surface area contributed by atoms with Gasteiger partial charge in [-0.05, 0) is 63.9 Å². The Bertz CT molecular complexity index is 1350. The van der Waals surface area contributed by atoms with Crippen LogP contribution in [0.4, 0.5) is 8.78 Å². The van der Waals surface area contributed by atoms with E-state index in [1.165, 1.54) is 32.4 Å². The molecule has 1 aromatic carbocycles. The quantitative estimate of drug-likeness (QED) is 0.174. The van der Waals surface area contributed by atoms with Crippen LogP contribution < -0.4 is 16.0 Å². The van der Waals surface area contributed by atoms with E-state index in [0.717, 1.165) is 0 Å². The molecule has 9 atom stereocenters. The molecular weight excluding hydrogens is 698 g/mol. The molecule has 1 heterocycles. The molecule has 0 saturated carbocycles. The second kappa shape index (κ2) is 21.8. The van der Waals surface area contributed by atoms with Crippen molar-refractivity contribution in [3.63, 3.8) is 0 Å². The van der Waals surface area contributed by atoms with Crippen LogP contribution in [0.1, 0.15) is 73.3 Å². The summed E-state index contributed by atoms with van der Waals surface area (Å²) in [6.45, 7) is 13.9. The third-order valence-corrected chi connectivity index (χ3v) is 11.1. The van der Waals surface area contributed by atoms with Crippen LogP contribution in [0.3, 0.4) is 0 Å². The van der Waals surface area contributed by atoms with Crippen LogP contribution in [0.5, 0.6) is 0 Å². The zero-order valence-corrected chi connectivity index (χ0v) is 34.9. The fourth-order valence-corrected chi connectivity index (χ4v) is 7.88. The van der Waals surface area contributed by atoms with Crippen molar-refractivity contribution in [2.75, 3.05) is 55.5 Å². The maximum atomic E-state index is 14.3. The molecule has 0 spiro atoms. The predicted octanol–water partition coefficient (Wildman–Crippen LogP) is 3.47. The monoisotopic (exact) mass is 767 g/mol. The minimum absolute atomic E-state index is 0.0178. The minimum atomic E-state index is -0.788. The van der Waals surface area contributed by atoms with E-state index in [-0.39, 0.29) is 72.4 Å². The van der Waals surface area contributed by atoms with E-state index >= 15 is 0 Å². The molecule has 0 aliphatic carbocycles. The summed E-state index contributed by atoms with van der Waals surface area (Å²) in [6.07, 6.45) is -0.165. The highest BCUT2D eigenvalue weighted by atomic mass is 19.1. The van der Waals surface area contributed by atoms with Crippen molar-refractivity contribution >= 4 is 23.6 Å². The number of rotatable bonds is 21. The molecule has 1 saturated heterocycles. The number of benzene rings is 1. The molecule has 1 unspecified atom stereocenters. The first-order valence-corrected chi connectivity index (χ1v) is 19.3. The summed E-state index contributed by atoms with van der Waals surface area (Å²) in [7, 11) is 10.2. The fourth-order valence-electron chi connectivity index (χ4n) is 7.88. The topological polar surface area (TPSA) is 133 Å². The van der Waals surface area contributed by atoms with Gasteiger partial charge in [0.15, 0.2) is 0 Å². The molecule has 0 bridgehead atoms. The molecule has 0 radical (unpaired) electrons. The van der Waals surface area contributed by atoms with Gasteiger partial charge >= 0.3 is 0 Å². The highest BCUT2D eigenvalue weighted by molar-refractivity contribution is 5.90. The Morgan fingerprint density at radius 1 is 0.944 bits per heavy atom. The summed E-state index contributed by atoms with van der Waals surface area (Å²) in [5, 5.41) is 9.06. The zero-order valence-electron chi connectivity index (χ0n) is 34.9. The number of nitrogens with one attached hydrogen (secondary N) is 3. The number of likely N-dealkylation sites (N-methyl/N-ethyl adjacent to an activating group) is 3. The number of methoxy groups -OCH3 is 2. The molecular formula is C40H68F2N6O6. The molecule has 4 amide bonds. The Hall–Kier alpha value is -3.20. The first-order chi connectivity index (χ1) is 25.4. The van der Waals surface area contributed by atoms with E-state index in [9.17, 15) is 28.0 Å². The summed E-state index contributed by atoms with van der Waals surface area (Å²) < 4.78 is 40.2. The van der Waals surface area contributed by atoms with Crippen molar-refractivity contribution in [1.29, 1.82) is 0 Å². The van der Waals surface area contributed by atoms with Gasteiger partial charge in [-0.2, -0.15) is 0 Å². The lowest BCUT2D eigenvalue weighted by Gasteiger charge is -2.41. The number of carbonyl (C=O) groups excluding carboxylic acids is 4. The number of likely N-dealkylation sites (tertiary alicyclic amines) is 1. The third kappa shape index (κ3) is 11.9. The fraction of sp³-hybridized carbons (Fsp3) is 0.750. The molecule has 1 aliphatic rings. The standard InChI is InChI=1S/C40H68F2N6O6/c1-14-25(6)36(47(11)40(52)34(23(2)3)45-39(51)35(24(4)5)46(9)10)32(53-12)21-33(49)48-22-27(43-8)20-31(48)37(54-13)26(7)38(50)44-19-18-28-29(41)16-15-17-30(28)42/h15-17,23-27,31-32,34-37,43H,14,18-22H2,1-13H3,(H,44,50)(H,45,51)/t25?,26-,27+,31+,32-,34+,35+,36+,37-/m1/s1. The van der Waals surface area contributed by atoms with Gasteiger partial charge < -0.3 is 35.2 Å². The zero-order chi connectivity index (χ0) is 41.0. The first-order valence-electron chi connectivity index (χ1n) is 19.3. The molecule has 3 N–H and O–H groups in total. The molecule has 308 valence electrons. The lowest BCUT2D eigenvalue weighted by molar-refractivity contribution is -0.148. The van der Waals surface area contributed by atoms with Crippen LogP contribution in [0.2, 0.25) is 0 Å². The number of carbonyl (C=O) groups is 4. The average Bonchev–Trinajstić information content (AvgIpc) is 3.55. The summed E-state index contributed by atoms with van der Waals surface area (Å²) in [5.41, 5.74) is -0.0949. The van der Waals surface area contributed by atoms with Crippen LogP contribution in [0.15, 0.2) is 18.2 Å². The first kappa shape index (κ1) is 47.0. The number of amides is 4. The Morgan fingerprint density at radius 2 is 1.56 bits per heavy atom. The van der Waals surface area contributed by atoms with Gasteiger partial charge in [-0.15, -0.1) is 0 Å². The number of hydrogen-bond acceptors (Lipinski definition) is 8. The Labute approximate surface area is 322 Å². The maximum absolute atomic E-state index is 14.3. The molecule has 0 aromatic heterocycles. The van der Waals surface area contributed by atoms with E-state index in [1.807, 2.05) is 67.6 Å². The second-order valence-corrected chi connectivity index (χ2v) is 15.8. The second-order valence-electron chi connectivity index (χ2n) is 15.8. The number of halogens is 2. The average molecular weight is 767 g/mol. The molecule has 1 fully saturated rings. The normalized spacial score (nSPS) is 20.0. The summed E-state index contributed by atoms with van der Waals surface area (Å²) in [4.78, 5) is 60.5. The summed E-state index contributed by atoms with van der Waals surface area (Å²) >= 11 is 0. The number of hydrogen-bond donors (Lipinski definition) is 3. The summed E-state index contributed by atoms with van der Waals surface area (Å²) in [5.74, 6) is -3.31. The van der Waals surface area contributed by atoms with Crippen LogP contribution in [-0.4, -0.2) is 136 Å². The lowest BCUT2D eigenvalue weighted by atomic mass is 9.89. The van der Waals surface area contributed by atoms with Crippen molar-refractivity contribution < 1.29 is 37.4 Å². The maximum Gasteiger partial charge on any atom is 0.245 e. The van der Waals surface area contributed by atoms with Gasteiger partial charge in [0, 0.05) is 46.0 Å². The smallest absolute Gasteiger partial charge is 0.245 e. The van der Waals surface area contributed by atoms with Crippen molar-refractivity contribution in [3.8, 4) is 0 Å². The van der Waals surface area contributed by atoms with Crippen LogP contribution >= 0.6 is 0 Å².